The highest BCUT2D eigenvalue weighted by molar-refractivity contribution is 5.52. The first-order valence-electron chi connectivity index (χ1n) is 5.38. The third-order valence-corrected chi connectivity index (χ3v) is 3.03. The molecular weight excluding hydrogens is 193 g/mol. The molecule has 82 valence electrons. The zero-order valence-corrected chi connectivity index (χ0v) is 8.83. The van der Waals surface area contributed by atoms with Crippen molar-refractivity contribution in [1.82, 2.24) is 0 Å². The molecule has 2 N–H and O–H groups in total. The number of anilines is 1. The summed E-state index contributed by atoms with van der Waals surface area (Å²) in [7, 11) is 0. The Morgan fingerprint density at radius 1 is 1.40 bits per heavy atom. The first kappa shape index (κ1) is 10.4. The highest BCUT2D eigenvalue weighted by Crippen LogP contribution is 2.26. The fraction of sp³-hybridized carbons (Fsp3) is 0.500. The maximum atomic E-state index is 13.5. The molecule has 0 amide bonds. The van der Waals surface area contributed by atoms with Crippen LogP contribution in [0.25, 0.3) is 0 Å². The lowest BCUT2D eigenvalue weighted by atomic mass is 10.1. The Labute approximate surface area is 89.1 Å². The second-order valence-corrected chi connectivity index (χ2v) is 4.18. The molecule has 2 rings (SSSR count). The minimum absolute atomic E-state index is 0.000556. The number of para-hydroxylation sites is 1. The molecule has 3 heteroatoms. The summed E-state index contributed by atoms with van der Waals surface area (Å²) in [5.74, 6) is -0.242. The standard InChI is InChI=1S/C12H16FNO/c1-8-4-2-5-9(13)12(8)14-10-6-3-7-11(10)15/h2,4-5,10-11,14-15H,3,6-7H2,1H3. The van der Waals surface area contributed by atoms with Crippen LogP contribution in [0.15, 0.2) is 18.2 Å². The van der Waals surface area contributed by atoms with Gasteiger partial charge in [-0.25, -0.2) is 4.39 Å². The van der Waals surface area contributed by atoms with Crippen molar-refractivity contribution in [2.45, 2.75) is 38.3 Å². The normalized spacial score (nSPS) is 25.5. The Morgan fingerprint density at radius 2 is 2.20 bits per heavy atom. The maximum Gasteiger partial charge on any atom is 0.146 e. The molecule has 0 aliphatic heterocycles. The molecule has 1 saturated carbocycles. The molecule has 0 spiro atoms. The Balaban J connectivity index is 2.16. The molecule has 1 aliphatic carbocycles. The van der Waals surface area contributed by atoms with Crippen molar-refractivity contribution in [3.05, 3.63) is 29.6 Å². The number of aliphatic hydroxyl groups is 1. The SMILES string of the molecule is Cc1cccc(F)c1NC1CCCC1O. The quantitative estimate of drug-likeness (QED) is 0.784. The van der Waals surface area contributed by atoms with Crippen LogP contribution in [0.1, 0.15) is 24.8 Å². The summed E-state index contributed by atoms with van der Waals surface area (Å²) in [4.78, 5) is 0. The Morgan fingerprint density at radius 3 is 2.80 bits per heavy atom. The molecule has 15 heavy (non-hydrogen) atoms. The molecule has 1 aromatic rings. The lowest BCUT2D eigenvalue weighted by Crippen LogP contribution is -2.28. The maximum absolute atomic E-state index is 13.5. The number of aliphatic hydroxyl groups excluding tert-OH is 1. The Hall–Kier alpha value is -1.09. The van der Waals surface area contributed by atoms with Gasteiger partial charge in [0.15, 0.2) is 0 Å². The van der Waals surface area contributed by atoms with Gasteiger partial charge in [-0.15, -0.1) is 0 Å². The van der Waals surface area contributed by atoms with Gasteiger partial charge in [-0.2, -0.15) is 0 Å². The number of aryl methyl sites for hydroxylation is 1. The Bertz CT molecular complexity index is 333. The van der Waals surface area contributed by atoms with E-state index >= 15 is 0 Å². The van der Waals surface area contributed by atoms with Gasteiger partial charge in [-0.1, -0.05) is 12.1 Å². The lowest BCUT2D eigenvalue weighted by Gasteiger charge is -2.19. The van der Waals surface area contributed by atoms with E-state index in [1.807, 2.05) is 13.0 Å². The van der Waals surface area contributed by atoms with Gasteiger partial charge in [0.2, 0.25) is 0 Å². The van der Waals surface area contributed by atoms with Crippen LogP contribution in [0.3, 0.4) is 0 Å². The number of hydrogen-bond donors (Lipinski definition) is 2. The fourth-order valence-corrected chi connectivity index (χ4v) is 2.11. The van der Waals surface area contributed by atoms with Crippen molar-refractivity contribution in [3.8, 4) is 0 Å². The van der Waals surface area contributed by atoms with Crippen LogP contribution in [0.2, 0.25) is 0 Å². The summed E-state index contributed by atoms with van der Waals surface area (Å²) in [5.41, 5.74) is 1.41. The smallest absolute Gasteiger partial charge is 0.146 e. The van der Waals surface area contributed by atoms with Crippen molar-refractivity contribution >= 4 is 5.69 Å². The summed E-state index contributed by atoms with van der Waals surface area (Å²) < 4.78 is 13.5. The topological polar surface area (TPSA) is 32.3 Å². The number of hydrogen-bond acceptors (Lipinski definition) is 2. The number of halogens is 1. The zero-order valence-electron chi connectivity index (χ0n) is 8.83. The molecule has 0 aromatic heterocycles. The minimum Gasteiger partial charge on any atom is -0.391 e. The average molecular weight is 209 g/mol. The van der Waals surface area contributed by atoms with Gasteiger partial charge in [-0.05, 0) is 37.8 Å². The summed E-state index contributed by atoms with van der Waals surface area (Å²) in [5, 5.41) is 12.7. The van der Waals surface area contributed by atoms with Gasteiger partial charge in [-0.3, -0.25) is 0 Å². The Kier molecular flexibility index (Phi) is 2.91. The minimum atomic E-state index is -0.344. The van der Waals surface area contributed by atoms with Gasteiger partial charge in [0.1, 0.15) is 5.82 Å². The highest BCUT2D eigenvalue weighted by atomic mass is 19.1. The lowest BCUT2D eigenvalue weighted by molar-refractivity contribution is 0.171. The van der Waals surface area contributed by atoms with Crippen LogP contribution in [-0.4, -0.2) is 17.3 Å². The van der Waals surface area contributed by atoms with Crippen molar-refractivity contribution in [2.24, 2.45) is 0 Å². The van der Waals surface area contributed by atoms with E-state index < -0.39 is 0 Å². The van der Waals surface area contributed by atoms with Gasteiger partial charge >= 0.3 is 0 Å². The molecule has 2 nitrogen and oxygen atoms in total. The summed E-state index contributed by atoms with van der Waals surface area (Å²) in [6, 6.07) is 5.00. The first-order chi connectivity index (χ1) is 7.18. The third-order valence-electron chi connectivity index (χ3n) is 3.03. The molecule has 0 radical (unpaired) electrons. The molecular formula is C12H16FNO. The molecule has 0 heterocycles. The van der Waals surface area contributed by atoms with E-state index in [4.69, 9.17) is 0 Å². The van der Waals surface area contributed by atoms with E-state index in [0.717, 1.165) is 24.8 Å². The van der Waals surface area contributed by atoms with Gasteiger partial charge < -0.3 is 10.4 Å². The molecule has 1 fully saturated rings. The molecule has 0 saturated heterocycles. The largest absolute Gasteiger partial charge is 0.391 e. The van der Waals surface area contributed by atoms with Gasteiger partial charge in [0.05, 0.1) is 17.8 Å². The monoisotopic (exact) mass is 209 g/mol. The molecule has 1 aliphatic rings. The van der Waals surface area contributed by atoms with E-state index in [1.165, 1.54) is 6.07 Å². The molecule has 1 aromatic carbocycles. The van der Waals surface area contributed by atoms with E-state index in [9.17, 15) is 9.50 Å². The van der Waals surface area contributed by atoms with Crippen molar-refractivity contribution < 1.29 is 9.50 Å². The number of rotatable bonds is 2. The van der Waals surface area contributed by atoms with Crippen molar-refractivity contribution in [3.63, 3.8) is 0 Å². The predicted octanol–water partition coefficient (Wildman–Crippen LogP) is 2.46. The second kappa shape index (κ2) is 4.19. The van der Waals surface area contributed by atoms with Crippen LogP contribution in [0.4, 0.5) is 10.1 Å². The van der Waals surface area contributed by atoms with Crippen LogP contribution in [0.5, 0.6) is 0 Å². The zero-order chi connectivity index (χ0) is 10.8. The van der Waals surface area contributed by atoms with E-state index in [2.05, 4.69) is 5.32 Å². The van der Waals surface area contributed by atoms with Gasteiger partial charge in [0.25, 0.3) is 0 Å². The van der Waals surface area contributed by atoms with Crippen LogP contribution in [0, 0.1) is 12.7 Å². The molecule has 2 unspecified atom stereocenters. The molecule has 0 bridgehead atoms. The average Bonchev–Trinajstić information content (AvgIpc) is 2.58. The first-order valence-corrected chi connectivity index (χ1v) is 5.38. The van der Waals surface area contributed by atoms with Crippen LogP contribution in [-0.2, 0) is 0 Å². The van der Waals surface area contributed by atoms with Crippen molar-refractivity contribution in [1.29, 1.82) is 0 Å². The summed E-state index contributed by atoms with van der Waals surface area (Å²) in [6.45, 7) is 1.87. The van der Waals surface area contributed by atoms with Crippen LogP contribution < -0.4 is 5.32 Å². The molecule has 2 atom stereocenters. The third kappa shape index (κ3) is 2.12. The van der Waals surface area contributed by atoms with E-state index in [1.54, 1.807) is 6.07 Å². The number of nitrogens with one attached hydrogen (secondary N) is 1. The highest BCUT2D eigenvalue weighted by Gasteiger charge is 2.25. The van der Waals surface area contributed by atoms with E-state index in [0.29, 0.717) is 5.69 Å². The predicted molar refractivity (Wildman–Crippen MR) is 58.4 cm³/mol. The number of benzene rings is 1. The second-order valence-electron chi connectivity index (χ2n) is 4.18. The van der Waals surface area contributed by atoms with Gasteiger partial charge in [0, 0.05) is 0 Å². The fourth-order valence-electron chi connectivity index (χ4n) is 2.11. The summed E-state index contributed by atoms with van der Waals surface area (Å²) in [6.07, 6.45) is 2.39. The summed E-state index contributed by atoms with van der Waals surface area (Å²) >= 11 is 0. The van der Waals surface area contributed by atoms with Crippen LogP contribution >= 0.6 is 0 Å². The van der Waals surface area contributed by atoms with E-state index in [-0.39, 0.29) is 18.0 Å². The van der Waals surface area contributed by atoms with Crippen molar-refractivity contribution in [2.75, 3.05) is 5.32 Å².